The zero-order valence-corrected chi connectivity index (χ0v) is 11.3. The molecule has 2 N–H and O–H groups in total. The number of methoxy groups -OCH3 is 1. The second-order valence-electron chi connectivity index (χ2n) is 3.82. The number of thiophene rings is 1. The zero-order chi connectivity index (χ0) is 12.4. The first-order valence-electron chi connectivity index (χ1n) is 5.27. The summed E-state index contributed by atoms with van der Waals surface area (Å²) in [4.78, 5) is 2.41. The maximum atomic E-state index is 6.22. The molecule has 4 heteroatoms. The SMILES string of the molecule is COc1cc(C(N)c2ccc(C)s2)ccc1Cl. The molecule has 2 rings (SSSR count). The minimum atomic E-state index is -0.125. The minimum Gasteiger partial charge on any atom is -0.495 e. The average molecular weight is 268 g/mol. The van der Waals surface area contributed by atoms with E-state index in [9.17, 15) is 0 Å². The maximum Gasteiger partial charge on any atom is 0.137 e. The molecule has 2 nitrogen and oxygen atoms in total. The van der Waals surface area contributed by atoms with E-state index in [0.29, 0.717) is 10.8 Å². The van der Waals surface area contributed by atoms with Gasteiger partial charge in [-0.3, -0.25) is 0 Å². The van der Waals surface area contributed by atoms with E-state index < -0.39 is 0 Å². The molecule has 1 atom stereocenters. The molecule has 1 aromatic carbocycles. The van der Waals surface area contributed by atoms with Crippen molar-refractivity contribution in [2.45, 2.75) is 13.0 Å². The van der Waals surface area contributed by atoms with Crippen LogP contribution in [0.25, 0.3) is 0 Å². The van der Waals surface area contributed by atoms with Crippen molar-refractivity contribution in [1.82, 2.24) is 0 Å². The highest BCUT2D eigenvalue weighted by Crippen LogP contribution is 2.31. The van der Waals surface area contributed by atoms with Gasteiger partial charge in [0.2, 0.25) is 0 Å². The predicted molar refractivity (Wildman–Crippen MR) is 73.1 cm³/mol. The molecule has 1 heterocycles. The van der Waals surface area contributed by atoms with Crippen LogP contribution in [0.15, 0.2) is 30.3 Å². The summed E-state index contributed by atoms with van der Waals surface area (Å²) in [5.41, 5.74) is 7.22. The monoisotopic (exact) mass is 267 g/mol. The summed E-state index contributed by atoms with van der Waals surface area (Å²) < 4.78 is 5.19. The van der Waals surface area contributed by atoms with Crippen molar-refractivity contribution in [2.24, 2.45) is 5.73 Å². The van der Waals surface area contributed by atoms with E-state index in [0.717, 1.165) is 10.4 Å². The molecule has 0 fully saturated rings. The highest BCUT2D eigenvalue weighted by atomic mass is 35.5. The van der Waals surface area contributed by atoms with Gasteiger partial charge in [-0.25, -0.2) is 0 Å². The Morgan fingerprint density at radius 2 is 2.06 bits per heavy atom. The fourth-order valence-corrected chi connectivity index (χ4v) is 2.76. The summed E-state index contributed by atoms with van der Waals surface area (Å²) in [7, 11) is 1.60. The van der Waals surface area contributed by atoms with E-state index in [1.54, 1.807) is 18.4 Å². The van der Waals surface area contributed by atoms with E-state index in [4.69, 9.17) is 22.1 Å². The summed E-state index contributed by atoms with van der Waals surface area (Å²) in [6, 6.07) is 9.65. The molecule has 0 aliphatic carbocycles. The van der Waals surface area contributed by atoms with Crippen LogP contribution in [0.4, 0.5) is 0 Å². The fourth-order valence-electron chi connectivity index (χ4n) is 1.65. The van der Waals surface area contributed by atoms with Gasteiger partial charge in [0.1, 0.15) is 5.75 Å². The minimum absolute atomic E-state index is 0.125. The summed E-state index contributed by atoms with van der Waals surface area (Å²) in [5.74, 6) is 0.660. The second kappa shape index (κ2) is 5.08. The van der Waals surface area contributed by atoms with Crippen LogP contribution in [0.2, 0.25) is 5.02 Å². The van der Waals surface area contributed by atoms with E-state index in [-0.39, 0.29) is 6.04 Å². The average Bonchev–Trinajstić information content (AvgIpc) is 2.75. The Morgan fingerprint density at radius 3 is 2.65 bits per heavy atom. The number of rotatable bonds is 3. The lowest BCUT2D eigenvalue weighted by Gasteiger charge is -2.12. The molecule has 0 aliphatic rings. The van der Waals surface area contributed by atoms with Gasteiger partial charge in [-0.15, -0.1) is 11.3 Å². The molecule has 0 saturated heterocycles. The molecule has 0 saturated carbocycles. The maximum absolute atomic E-state index is 6.22. The van der Waals surface area contributed by atoms with Gasteiger partial charge in [-0.05, 0) is 36.8 Å². The van der Waals surface area contributed by atoms with Crippen molar-refractivity contribution in [1.29, 1.82) is 0 Å². The van der Waals surface area contributed by atoms with Crippen LogP contribution in [0.1, 0.15) is 21.4 Å². The van der Waals surface area contributed by atoms with Crippen molar-refractivity contribution >= 4 is 22.9 Å². The third-order valence-corrected chi connectivity index (χ3v) is 4.00. The van der Waals surface area contributed by atoms with Crippen LogP contribution in [0.5, 0.6) is 5.75 Å². The quantitative estimate of drug-likeness (QED) is 0.919. The lowest BCUT2D eigenvalue weighted by molar-refractivity contribution is 0.414. The lowest BCUT2D eigenvalue weighted by atomic mass is 10.1. The Balaban J connectivity index is 2.34. The van der Waals surface area contributed by atoms with Gasteiger partial charge >= 0.3 is 0 Å². The molecule has 1 unspecified atom stereocenters. The molecule has 0 aliphatic heterocycles. The highest BCUT2D eigenvalue weighted by Gasteiger charge is 2.12. The van der Waals surface area contributed by atoms with Crippen LogP contribution < -0.4 is 10.5 Å². The van der Waals surface area contributed by atoms with Crippen LogP contribution in [0.3, 0.4) is 0 Å². The van der Waals surface area contributed by atoms with Crippen molar-refractivity contribution in [2.75, 3.05) is 7.11 Å². The highest BCUT2D eigenvalue weighted by molar-refractivity contribution is 7.12. The van der Waals surface area contributed by atoms with Crippen LogP contribution >= 0.6 is 22.9 Å². The Hall–Kier alpha value is -1.03. The van der Waals surface area contributed by atoms with Crippen molar-refractivity contribution in [3.05, 3.63) is 50.7 Å². The molecule has 1 aromatic heterocycles. The van der Waals surface area contributed by atoms with E-state index in [1.807, 2.05) is 18.2 Å². The lowest BCUT2D eigenvalue weighted by Crippen LogP contribution is -2.10. The van der Waals surface area contributed by atoms with Gasteiger partial charge in [0, 0.05) is 9.75 Å². The molecule has 0 bridgehead atoms. The number of halogens is 1. The summed E-state index contributed by atoms with van der Waals surface area (Å²) in [5, 5.41) is 0.603. The first-order chi connectivity index (χ1) is 8.11. The number of hydrogen-bond donors (Lipinski definition) is 1. The number of ether oxygens (including phenoxy) is 1. The van der Waals surface area contributed by atoms with E-state index >= 15 is 0 Å². The predicted octanol–water partition coefficient (Wildman–Crippen LogP) is 3.77. The van der Waals surface area contributed by atoms with Gasteiger partial charge in [-0.1, -0.05) is 17.7 Å². The van der Waals surface area contributed by atoms with Crippen LogP contribution in [-0.4, -0.2) is 7.11 Å². The molecular formula is C13H14ClNOS. The molecule has 0 amide bonds. The molecule has 0 spiro atoms. The fraction of sp³-hybridized carbons (Fsp3) is 0.231. The standard InChI is InChI=1S/C13H14ClNOS/c1-8-3-6-12(17-8)13(15)9-4-5-10(14)11(7-9)16-2/h3-7,13H,15H2,1-2H3. The third-order valence-electron chi connectivity index (χ3n) is 2.60. The number of nitrogens with two attached hydrogens (primary N) is 1. The Bertz CT molecular complexity index is 524. The van der Waals surface area contributed by atoms with E-state index in [1.165, 1.54) is 4.88 Å². The first-order valence-corrected chi connectivity index (χ1v) is 6.46. The van der Waals surface area contributed by atoms with Gasteiger partial charge in [0.05, 0.1) is 18.2 Å². The molecular weight excluding hydrogens is 254 g/mol. The normalized spacial score (nSPS) is 12.5. The topological polar surface area (TPSA) is 35.2 Å². The third kappa shape index (κ3) is 2.63. The summed E-state index contributed by atoms with van der Waals surface area (Å²) in [6.07, 6.45) is 0. The Labute approximate surface area is 110 Å². The summed E-state index contributed by atoms with van der Waals surface area (Å²) in [6.45, 7) is 2.07. The number of aryl methyl sites for hydroxylation is 1. The van der Waals surface area contributed by atoms with Gasteiger partial charge < -0.3 is 10.5 Å². The largest absolute Gasteiger partial charge is 0.495 e. The second-order valence-corrected chi connectivity index (χ2v) is 5.55. The Kier molecular flexibility index (Phi) is 3.72. The number of hydrogen-bond acceptors (Lipinski definition) is 3. The first kappa shape index (κ1) is 12.4. The smallest absolute Gasteiger partial charge is 0.137 e. The van der Waals surface area contributed by atoms with Crippen molar-refractivity contribution in [3.63, 3.8) is 0 Å². The van der Waals surface area contributed by atoms with Gasteiger partial charge in [0.15, 0.2) is 0 Å². The zero-order valence-electron chi connectivity index (χ0n) is 9.74. The van der Waals surface area contributed by atoms with E-state index in [2.05, 4.69) is 19.1 Å². The van der Waals surface area contributed by atoms with Crippen molar-refractivity contribution < 1.29 is 4.74 Å². The van der Waals surface area contributed by atoms with Gasteiger partial charge in [-0.2, -0.15) is 0 Å². The summed E-state index contributed by atoms with van der Waals surface area (Å²) >= 11 is 7.70. The Morgan fingerprint density at radius 1 is 1.29 bits per heavy atom. The molecule has 2 aromatic rings. The molecule has 90 valence electrons. The number of benzene rings is 1. The van der Waals surface area contributed by atoms with Crippen LogP contribution in [-0.2, 0) is 0 Å². The van der Waals surface area contributed by atoms with Crippen LogP contribution in [0, 0.1) is 6.92 Å². The van der Waals surface area contributed by atoms with Crippen molar-refractivity contribution in [3.8, 4) is 5.75 Å². The van der Waals surface area contributed by atoms with Gasteiger partial charge in [0.25, 0.3) is 0 Å². The molecule has 17 heavy (non-hydrogen) atoms. The molecule has 0 radical (unpaired) electrons.